The molecule has 4 N–H and O–H groups in total. The lowest BCUT2D eigenvalue weighted by molar-refractivity contribution is -0.120. The normalized spacial score (nSPS) is 15.3. The standard InChI is InChI=1S/C15H22N4O2/c1-11-3-2-4-13(9-11)19-15(21)17-10-14(20)18-12-5-7-16-8-6-12/h2-4,9,12,16H,5-8,10H2,1H3,(H,18,20)(H2,17,19,21). The molecule has 0 spiro atoms. The number of carbonyl (C=O) groups is 2. The van der Waals surface area contributed by atoms with E-state index < -0.39 is 0 Å². The smallest absolute Gasteiger partial charge is 0.319 e. The van der Waals surface area contributed by atoms with Gasteiger partial charge in [0.25, 0.3) is 0 Å². The van der Waals surface area contributed by atoms with Gasteiger partial charge in [0.05, 0.1) is 6.54 Å². The number of urea groups is 1. The van der Waals surface area contributed by atoms with Gasteiger partial charge < -0.3 is 21.3 Å². The third-order valence-corrected chi connectivity index (χ3v) is 3.39. The quantitative estimate of drug-likeness (QED) is 0.667. The maximum Gasteiger partial charge on any atom is 0.319 e. The van der Waals surface area contributed by atoms with Crippen molar-refractivity contribution in [2.45, 2.75) is 25.8 Å². The number of hydrogen-bond donors (Lipinski definition) is 4. The summed E-state index contributed by atoms with van der Waals surface area (Å²) < 4.78 is 0. The second kappa shape index (κ2) is 7.64. The van der Waals surface area contributed by atoms with Crippen molar-refractivity contribution in [2.75, 3.05) is 25.0 Å². The molecule has 0 saturated carbocycles. The summed E-state index contributed by atoms with van der Waals surface area (Å²) in [5.74, 6) is -0.152. The van der Waals surface area contributed by atoms with Crippen molar-refractivity contribution in [3.05, 3.63) is 29.8 Å². The highest BCUT2D eigenvalue weighted by molar-refractivity contribution is 5.92. The van der Waals surface area contributed by atoms with Crippen LogP contribution in [0.4, 0.5) is 10.5 Å². The van der Waals surface area contributed by atoms with Crippen molar-refractivity contribution in [2.24, 2.45) is 0 Å². The van der Waals surface area contributed by atoms with E-state index in [1.807, 2.05) is 31.2 Å². The van der Waals surface area contributed by atoms with Gasteiger partial charge in [0, 0.05) is 11.7 Å². The van der Waals surface area contributed by atoms with E-state index in [2.05, 4.69) is 21.3 Å². The van der Waals surface area contributed by atoms with Crippen LogP contribution in [-0.2, 0) is 4.79 Å². The molecule has 1 saturated heterocycles. The molecule has 0 aliphatic carbocycles. The fourth-order valence-electron chi connectivity index (χ4n) is 2.30. The second-order valence-electron chi connectivity index (χ2n) is 5.27. The molecule has 1 aromatic carbocycles. The Morgan fingerprint density at radius 3 is 2.76 bits per heavy atom. The topological polar surface area (TPSA) is 82.3 Å². The molecule has 0 atom stereocenters. The molecule has 1 heterocycles. The fourth-order valence-corrected chi connectivity index (χ4v) is 2.30. The summed E-state index contributed by atoms with van der Waals surface area (Å²) in [7, 11) is 0. The van der Waals surface area contributed by atoms with E-state index in [0.29, 0.717) is 5.69 Å². The first-order chi connectivity index (χ1) is 10.1. The van der Waals surface area contributed by atoms with Crippen molar-refractivity contribution in [1.82, 2.24) is 16.0 Å². The molecule has 1 aliphatic heterocycles. The SMILES string of the molecule is Cc1cccc(NC(=O)NCC(=O)NC2CCNCC2)c1. The van der Waals surface area contributed by atoms with E-state index in [9.17, 15) is 9.59 Å². The summed E-state index contributed by atoms with van der Waals surface area (Å²) in [5, 5.41) is 11.4. The number of rotatable bonds is 4. The van der Waals surface area contributed by atoms with Gasteiger partial charge in [-0.1, -0.05) is 12.1 Å². The largest absolute Gasteiger partial charge is 0.352 e. The third kappa shape index (κ3) is 5.43. The average molecular weight is 290 g/mol. The van der Waals surface area contributed by atoms with Crippen molar-refractivity contribution < 1.29 is 9.59 Å². The van der Waals surface area contributed by atoms with Gasteiger partial charge >= 0.3 is 6.03 Å². The van der Waals surface area contributed by atoms with Crippen molar-refractivity contribution in [3.63, 3.8) is 0 Å². The third-order valence-electron chi connectivity index (χ3n) is 3.39. The number of hydrogen-bond acceptors (Lipinski definition) is 3. The molecule has 114 valence electrons. The Balaban J connectivity index is 1.69. The van der Waals surface area contributed by atoms with E-state index >= 15 is 0 Å². The molecule has 0 unspecified atom stereocenters. The molecule has 21 heavy (non-hydrogen) atoms. The summed E-state index contributed by atoms with van der Waals surface area (Å²) in [6.45, 7) is 3.79. The zero-order valence-corrected chi connectivity index (χ0v) is 12.2. The molecule has 6 heteroatoms. The summed E-state index contributed by atoms with van der Waals surface area (Å²) >= 11 is 0. The molecule has 1 aliphatic rings. The summed E-state index contributed by atoms with van der Waals surface area (Å²) in [6, 6.07) is 7.34. The minimum atomic E-state index is -0.374. The highest BCUT2D eigenvalue weighted by atomic mass is 16.2. The van der Waals surface area contributed by atoms with Gasteiger partial charge in [0.2, 0.25) is 5.91 Å². The van der Waals surface area contributed by atoms with Gasteiger partial charge in [-0.25, -0.2) is 4.79 Å². The van der Waals surface area contributed by atoms with Crippen LogP contribution in [0.15, 0.2) is 24.3 Å². The number of nitrogens with one attached hydrogen (secondary N) is 4. The van der Waals surface area contributed by atoms with Crippen molar-refractivity contribution in [3.8, 4) is 0 Å². The van der Waals surface area contributed by atoms with Crippen LogP contribution in [0.1, 0.15) is 18.4 Å². The minimum Gasteiger partial charge on any atom is -0.352 e. The molecular weight excluding hydrogens is 268 g/mol. The number of piperidine rings is 1. The first kappa shape index (κ1) is 15.3. The second-order valence-corrected chi connectivity index (χ2v) is 5.27. The molecular formula is C15H22N4O2. The first-order valence-corrected chi connectivity index (χ1v) is 7.25. The number of aryl methyl sites for hydroxylation is 1. The highest BCUT2D eigenvalue weighted by Crippen LogP contribution is 2.08. The molecule has 1 fully saturated rings. The predicted octanol–water partition coefficient (Wildman–Crippen LogP) is 0.985. The number of benzene rings is 1. The molecule has 2 rings (SSSR count). The summed E-state index contributed by atoms with van der Waals surface area (Å²) in [4.78, 5) is 23.5. The van der Waals surface area contributed by atoms with E-state index in [1.54, 1.807) is 0 Å². The minimum absolute atomic E-state index is 0.0123. The number of carbonyl (C=O) groups excluding carboxylic acids is 2. The lowest BCUT2D eigenvalue weighted by atomic mass is 10.1. The van der Waals surface area contributed by atoms with E-state index in [0.717, 1.165) is 31.5 Å². The van der Waals surface area contributed by atoms with Crippen LogP contribution in [0.25, 0.3) is 0 Å². The van der Waals surface area contributed by atoms with Crippen LogP contribution in [0.2, 0.25) is 0 Å². The molecule has 1 aromatic rings. The van der Waals surface area contributed by atoms with E-state index in [-0.39, 0.29) is 24.5 Å². The van der Waals surface area contributed by atoms with Crippen LogP contribution in [0.5, 0.6) is 0 Å². The Labute approximate surface area is 124 Å². The molecule has 0 aromatic heterocycles. The monoisotopic (exact) mass is 290 g/mol. The maximum absolute atomic E-state index is 11.7. The summed E-state index contributed by atoms with van der Waals surface area (Å²) in [5.41, 5.74) is 1.78. The predicted molar refractivity (Wildman–Crippen MR) is 82.2 cm³/mol. The zero-order valence-electron chi connectivity index (χ0n) is 12.2. The zero-order chi connectivity index (χ0) is 15.1. The first-order valence-electron chi connectivity index (χ1n) is 7.25. The Bertz CT molecular complexity index is 498. The Morgan fingerprint density at radius 1 is 1.29 bits per heavy atom. The lowest BCUT2D eigenvalue weighted by Gasteiger charge is -2.23. The Hall–Kier alpha value is -2.08. The van der Waals surface area contributed by atoms with Crippen LogP contribution in [0.3, 0.4) is 0 Å². The van der Waals surface area contributed by atoms with E-state index in [1.165, 1.54) is 0 Å². The Morgan fingerprint density at radius 2 is 2.05 bits per heavy atom. The van der Waals surface area contributed by atoms with E-state index in [4.69, 9.17) is 0 Å². The highest BCUT2D eigenvalue weighted by Gasteiger charge is 2.15. The average Bonchev–Trinajstić information content (AvgIpc) is 2.46. The van der Waals surface area contributed by atoms with Gasteiger partial charge in [0.15, 0.2) is 0 Å². The number of anilines is 1. The van der Waals surface area contributed by atoms with Gasteiger partial charge in [-0.15, -0.1) is 0 Å². The molecule has 0 radical (unpaired) electrons. The lowest BCUT2D eigenvalue weighted by Crippen LogP contribution is -2.46. The van der Waals surface area contributed by atoms with Crippen LogP contribution >= 0.6 is 0 Å². The van der Waals surface area contributed by atoms with Gasteiger partial charge in [0.1, 0.15) is 0 Å². The molecule has 6 nitrogen and oxygen atoms in total. The Kier molecular flexibility index (Phi) is 5.57. The molecule has 0 bridgehead atoms. The van der Waals surface area contributed by atoms with Crippen molar-refractivity contribution >= 4 is 17.6 Å². The van der Waals surface area contributed by atoms with Gasteiger partial charge in [-0.3, -0.25) is 4.79 Å². The van der Waals surface area contributed by atoms with Crippen LogP contribution in [0, 0.1) is 6.92 Å². The fraction of sp³-hybridized carbons (Fsp3) is 0.467. The van der Waals surface area contributed by atoms with Crippen LogP contribution in [-0.4, -0.2) is 37.6 Å². The number of amides is 3. The van der Waals surface area contributed by atoms with Crippen LogP contribution < -0.4 is 21.3 Å². The van der Waals surface area contributed by atoms with Crippen molar-refractivity contribution in [1.29, 1.82) is 0 Å². The molecule has 3 amide bonds. The van der Waals surface area contributed by atoms with Gasteiger partial charge in [-0.2, -0.15) is 0 Å². The summed E-state index contributed by atoms with van der Waals surface area (Å²) in [6.07, 6.45) is 1.86. The maximum atomic E-state index is 11.7. The van der Waals surface area contributed by atoms with Gasteiger partial charge in [-0.05, 0) is 50.6 Å².